The summed E-state index contributed by atoms with van der Waals surface area (Å²) in [5.74, 6) is -0.156. The molecular formula is C16H27FN2. The molecule has 0 saturated heterocycles. The molecule has 1 aromatic rings. The van der Waals surface area contributed by atoms with Crippen molar-refractivity contribution < 1.29 is 4.39 Å². The van der Waals surface area contributed by atoms with E-state index < -0.39 is 0 Å². The van der Waals surface area contributed by atoms with Gasteiger partial charge in [0.1, 0.15) is 5.82 Å². The average molecular weight is 266 g/mol. The molecule has 0 fully saturated rings. The quantitative estimate of drug-likeness (QED) is 0.761. The molecule has 0 heterocycles. The number of hydrogen-bond donors (Lipinski definition) is 1. The first-order chi connectivity index (χ1) is 9.13. The number of hydrogen-bond acceptors (Lipinski definition) is 2. The fourth-order valence-corrected chi connectivity index (χ4v) is 2.47. The molecule has 0 saturated carbocycles. The summed E-state index contributed by atoms with van der Waals surface area (Å²) in [5.41, 5.74) is 2.22. The molecule has 0 aromatic heterocycles. The molecule has 1 N–H and O–H groups in total. The number of benzene rings is 1. The van der Waals surface area contributed by atoms with Crippen LogP contribution in [0.4, 0.5) is 10.1 Å². The Morgan fingerprint density at radius 1 is 1.16 bits per heavy atom. The molecule has 0 aliphatic heterocycles. The van der Waals surface area contributed by atoms with E-state index in [0.29, 0.717) is 0 Å². The van der Waals surface area contributed by atoms with Crippen LogP contribution in [0.5, 0.6) is 0 Å². The van der Waals surface area contributed by atoms with Crippen LogP contribution < -0.4 is 10.2 Å². The highest BCUT2D eigenvalue weighted by atomic mass is 19.1. The molecule has 108 valence electrons. The van der Waals surface area contributed by atoms with Gasteiger partial charge in [-0.25, -0.2) is 4.39 Å². The Morgan fingerprint density at radius 3 is 2.32 bits per heavy atom. The Morgan fingerprint density at radius 2 is 1.79 bits per heavy atom. The number of nitrogens with one attached hydrogen (secondary N) is 1. The van der Waals surface area contributed by atoms with Crippen LogP contribution in [0.3, 0.4) is 0 Å². The fraction of sp³-hybridized carbons (Fsp3) is 0.625. The second-order valence-corrected chi connectivity index (χ2v) is 4.97. The standard InChI is InChI=1S/C16H27FN2/c1-5-10-19(11-6-2)16-9-8-14(17)12-15(16)13(4)18-7-3/h8-9,12-13,18H,5-7,10-11H2,1-4H3. The molecule has 0 aliphatic carbocycles. The van der Waals surface area contributed by atoms with Gasteiger partial charge >= 0.3 is 0 Å². The molecule has 0 amide bonds. The Kier molecular flexibility index (Phi) is 6.85. The lowest BCUT2D eigenvalue weighted by molar-refractivity contribution is 0.579. The lowest BCUT2D eigenvalue weighted by Crippen LogP contribution is -2.28. The third-order valence-corrected chi connectivity index (χ3v) is 3.29. The van der Waals surface area contributed by atoms with E-state index in [1.54, 1.807) is 12.1 Å². The van der Waals surface area contributed by atoms with E-state index in [4.69, 9.17) is 0 Å². The second kappa shape index (κ2) is 8.16. The zero-order valence-electron chi connectivity index (χ0n) is 12.7. The van der Waals surface area contributed by atoms with Crippen LogP contribution >= 0.6 is 0 Å². The zero-order valence-corrected chi connectivity index (χ0v) is 12.7. The Balaban J connectivity index is 3.08. The predicted octanol–water partition coefficient (Wildman–Crippen LogP) is 4.12. The highest BCUT2D eigenvalue weighted by molar-refractivity contribution is 5.55. The lowest BCUT2D eigenvalue weighted by atomic mass is 10.0. The number of nitrogens with zero attached hydrogens (tertiary/aromatic N) is 1. The lowest BCUT2D eigenvalue weighted by Gasteiger charge is -2.28. The minimum atomic E-state index is -0.156. The molecule has 2 nitrogen and oxygen atoms in total. The molecule has 1 aromatic carbocycles. The largest absolute Gasteiger partial charge is 0.371 e. The van der Waals surface area contributed by atoms with E-state index in [-0.39, 0.29) is 11.9 Å². The molecule has 0 spiro atoms. The van der Waals surface area contributed by atoms with Crippen LogP contribution in [-0.4, -0.2) is 19.6 Å². The first-order valence-corrected chi connectivity index (χ1v) is 7.41. The molecule has 0 aliphatic rings. The second-order valence-electron chi connectivity index (χ2n) is 4.97. The summed E-state index contributed by atoms with van der Waals surface area (Å²) in [7, 11) is 0. The molecule has 1 rings (SSSR count). The van der Waals surface area contributed by atoms with Crippen molar-refractivity contribution in [2.45, 2.75) is 46.6 Å². The normalized spacial score (nSPS) is 12.5. The van der Waals surface area contributed by atoms with Crippen molar-refractivity contribution >= 4 is 5.69 Å². The number of halogens is 1. The maximum absolute atomic E-state index is 13.5. The smallest absolute Gasteiger partial charge is 0.123 e. The third-order valence-electron chi connectivity index (χ3n) is 3.29. The summed E-state index contributed by atoms with van der Waals surface area (Å²) >= 11 is 0. The topological polar surface area (TPSA) is 15.3 Å². The average Bonchev–Trinajstić information content (AvgIpc) is 2.39. The monoisotopic (exact) mass is 266 g/mol. The van der Waals surface area contributed by atoms with E-state index in [2.05, 4.69) is 37.9 Å². The van der Waals surface area contributed by atoms with Gasteiger partial charge in [0, 0.05) is 24.8 Å². The van der Waals surface area contributed by atoms with Crippen molar-refractivity contribution in [1.29, 1.82) is 0 Å². The van der Waals surface area contributed by atoms with Gasteiger partial charge in [0.2, 0.25) is 0 Å². The Hall–Kier alpha value is -1.09. The van der Waals surface area contributed by atoms with E-state index >= 15 is 0 Å². The van der Waals surface area contributed by atoms with E-state index in [1.165, 1.54) is 5.69 Å². The molecule has 1 unspecified atom stereocenters. The van der Waals surface area contributed by atoms with Crippen LogP contribution in [0.2, 0.25) is 0 Å². The summed E-state index contributed by atoms with van der Waals surface area (Å²) in [6.07, 6.45) is 2.21. The minimum Gasteiger partial charge on any atom is -0.371 e. The summed E-state index contributed by atoms with van der Waals surface area (Å²) < 4.78 is 13.5. The summed E-state index contributed by atoms with van der Waals surface area (Å²) in [5, 5.41) is 3.38. The van der Waals surface area contributed by atoms with Crippen molar-refractivity contribution in [3.05, 3.63) is 29.6 Å². The fourth-order valence-electron chi connectivity index (χ4n) is 2.47. The number of rotatable bonds is 8. The SMILES string of the molecule is CCCN(CCC)c1ccc(F)cc1C(C)NCC. The first-order valence-electron chi connectivity index (χ1n) is 7.41. The molecule has 19 heavy (non-hydrogen) atoms. The highest BCUT2D eigenvalue weighted by Gasteiger charge is 2.15. The summed E-state index contributed by atoms with van der Waals surface area (Å²) in [6.45, 7) is 11.5. The van der Waals surface area contributed by atoms with Crippen LogP contribution in [0, 0.1) is 5.82 Å². The van der Waals surface area contributed by atoms with E-state index in [1.807, 2.05) is 6.07 Å². The van der Waals surface area contributed by atoms with Gasteiger partial charge in [0.05, 0.1) is 0 Å². The van der Waals surface area contributed by atoms with Crippen LogP contribution in [0.25, 0.3) is 0 Å². The molecular weight excluding hydrogens is 239 g/mol. The third kappa shape index (κ3) is 4.50. The first kappa shape index (κ1) is 16.0. The molecule has 0 radical (unpaired) electrons. The maximum Gasteiger partial charge on any atom is 0.123 e. The van der Waals surface area contributed by atoms with Gasteiger partial charge in [-0.1, -0.05) is 20.8 Å². The van der Waals surface area contributed by atoms with Crippen LogP contribution in [0.1, 0.15) is 52.1 Å². The van der Waals surface area contributed by atoms with Crippen LogP contribution in [0.15, 0.2) is 18.2 Å². The van der Waals surface area contributed by atoms with Crippen molar-refractivity contribution in [2.75, 3.05) is 24.5 Å². The van der Waals surface area contributed by atoms with Crippen molar-refractivity contribution in [2.24, 2.45) is 0 Å². The van der Waals surface area contributed by atoms with Gasteiger partial charge in [0.25, 0.3) is 0 Å². The molecule has 3 heteroatoms. The molecule has 0 bridgehead atoms. The Bertz CT molecular complexity index is 373. The van der Waals surface area contributed by atoms with Crippen molar-refractivity contribution in [3.63, 3.8) is 0 Å². The van der Waals surface area contributed by atoms with E-state index in [9.17, 15) is 4.39 Å². The summed E-state index contributed by atoms with van der Waals surface area (Å²) in [6, 6.07) is 5.33. The Labute approximate surface area is 117 Å². The van der Waals surface area contributed by atoms with Crippen LogP contribution in [-0.2, 0) is 0 Å². The molecule has 1 atom stereocenters. The van der Waals surface area contributed by atoms with Gasteiger partial charge in [-0.05, 0) is 50.1 Å². The van der Waals surface area contributed by atoms with Crippen molar-refractivity contribution in [1.82, 2.24) is 5.32 Å². The van der Waals surface area contributed by atoms with Gasteiger partial charge in [0.15, 0.2) is 0 Å². The summed E-state index contributed by atoms with van der Waals surface area (Å²) in [4.78, 5) is 2.36. The maximum atomic E-state index is 13.5. The highest BCUT2D eigenvalue weighted by Crippen LogP contribution is 2.27. The van der Waals surface area contributed by atoms with E-state index in [0.717, 1.165) is 38.0 Å². The van der Waals surface area contributed by atoms with Gasteiger partial charge in [-0.3, -0.25) is 0 Å². The van der Waals surface area contributed by atoms with Crippen molar-refractivity contribution in [3.8, 4) is 0 Å². The van der Waals surface area contributed by atoms with Gasteiger partial charge < -0.3 is 10.2 Å². The number of anilines is 1. The zero-order chi connectivity index (χ0) is 14.3. The van der Waals surface area contributed by atoms with Gasteiger partial charge in [-0.15, -0.1) is 0 Å². The van der Waals surface area contributed by atoms with Gasteiger partial charge in [-0.2, -0.15) is 0 Å². The minimum absolute atomic E-state index is 0.156. The predicted molar refractivity (Wildman–Crippen MR) is 81.3 cm³/mol.